The third kappa shape index (κ3) is 3.45. The quantitative estimate of drug-likeness (QED) is 0.911. The van der Waals surface area contributed by atoms with Crippen LogP contribution in [-0.2, 0) is 6.54 Å². The van der Waals surface area contributed by atoms with Gasteiger partial charge in [-0.2, -0.15) is 0 Å². The highest BCUT2D eigenvalue weighted by Crippen LogP contribution is 2.19. The van der Waals surface area contributed by atoms with Gasteiger partial charge in [0.05, 0.1) is 17.1 Å². The Morgan fingerprint density at radius 1 is 1.47 bits per heavy atom. The van der Waals surface area contributed by atoms with Crippen LogP contribution in [-0.4, -0.2) is 17.9 Å². The maximum absolute atomic E-state index is 12.1. The van der Waals surface area contributed by atoms with Gasteiger partial charge in [-0.3, -0.25) is 4.79 Å². The second kappa shape index (κ2) is 6.04. The molecule has 0 atom stereocenters. The second-order valence-corrected chi connectivity index (χ2v) is 5.77. The van der Waals surface area contributed by atoms with Gasteiger partial charge in [0.1, 0.15) is 5.82 Å². The van der Waals surface area contributed by atoms with Crippen LogP contribution in [0.1, 0.15) is 20.1 Å². The molecule has 0 aliphatic rings. The molecule has 0 radical (unpaired) electrons. The van der Waals surface area contributed by atoms with E-state index in [1.165, 1.54) is 11.1 Å². The van der Waals surface area contributed by atoms with E-state index in [9.17, 15) is 4.79 Å². The first kappa shape index (κ1) is 13.8. The van der Waals surface area contributed by atoms with Gasteiger partial charge in [-0.05, 0) is 25.1 Å². The molecule has 2 rings (SSSR count). The molecule has 0 spiro atoms. The summed E-state index contributed by atoms with van der Waals surface area (Å²) in [7, 11) is 1.74. The molecule has 2 N–H and O–H groups in total. The standard InChI is InChI=1S/C13H14ClN3OS/c1-8-3-4-9(19-8)6-17-13(18)10-5-12(15-2)16-7-11(10)14/h3-5,7H,6H2,1-2H3,(H,15,16)(H,17,18). The fourth-order valence-electron chi connectivity index (χ4n) is 1.59. The molecule has 0 saturated carbocycles. The van der Waals surface area contributed by atoms with E-state index in [1.54, 1.807) is 24.5 Å². The van der Waals surface area contributed by atoms with Crippen LogP contribution in [0.25, 0.3) is 0 Å². The number of nitrogens with zero attached hydrogens (tertiary/aromatic N) is 1. The molecule has 2 heterocycles. The highest BCUT2D eigenvalue weighted by atomic mass is 35.5. The Morgan fingerprint density at radius 2 is 2.26 bits per heavy atom. The number of pyridine rings is 1. The molecule has 2 aromatic heterocycles. The van der Waals surface area contributed by atoms with Crippen molar-refractivity contribution in [3.05, 3.63) is 44.7 Å². The van der Waals surface area contributed by atoms with Gasteiger partial charge in [0.15, 0.2) is 0 Å². The first-order valence-electron chi connectivity index (χ1n) is 5.77. The number of nitrogens with one attached hydrogen (secondary N) is 2. The third-order valence-electron chi connectivity index (χ3n) is 2.58. The minimum Gasteiger partial charge on any atom is -0.373 e. The zero-order chi connectivity index (χ0) is 13.8. The Hall–Kier alpha value is -1.59. The number of hydrogen-bond donors (Lipinski definition) is 2. The Labute approximate surface area is 120 Å². The number of amides is 1. The first-order chi connectivity index (χ1) is 9.10. The number of anilines is 1. The summed E-state index contributed by atoms with van der Waals surface area (Å²) in [5.74, 6) is 0.413. The predicted molar refractivity (Wildman–Crippen MR) is 79.0 cm³/mol. The fourth-order valence-corrected chi connectivity index (χ4v) is 2.61. The summed E-state index contributed by atoms with van der Waals surface area (Å²) in [6, 6.07) is 5.68. The van der Waals surface area contributed by atoms with Crippen molar-refractivity contribution in [3.63, 3.8) is 0 Å². The van der Waals surface area contributed by atoms with E-state index in [2.05, 4.69) is 15.6 Å². The van der Waals surface area contributed by atoms with Crippen LogP contribution in [0.2, 0.25) is 5.02 Å². The minimum absolute atomic E-state index is 0.199. The number of thiophene rings is 1. The lowest BCUT2D eigenvalue weighted by Gasteiger charge is -2.07. The largest absolute Gasteiger partial charge is 0.373 e. The van der Waals surface area contributed by atoms with E-state index >= 15 is 0 Å². The molecule has 2 aromatic rings. The highest BCUT2D eigenvalue weighted by Gasteiger charge is 2.11. The van der Waals surface area contributed by atoms with E-state index in [1.807, 2.05) is 19.1 Å². The topological polar surface area (TPSA) is 54.0 Å². The van der Waals surface area contributed by atoms with Gasteiger partial charge in [0, 0.05) is 23.0 Å². The van der Waals surface area contributed by atoms with Crippen LogP contribution >= 0.6 is 22.9 Å². The van der Waals surface area contributed by atoms with Gasteiger partial charge >= 0.3 is 0 Å². The maximum atomic E-state index is 12.1. The van der Waals surface area contributed by atoms with Crippen molar-refractivity contribution >= 4 is 34.7 Å². The number of rotatable bonds is 4. The van der Waals surface area contributed by atoms with Crippen LogP contribution in [0, 0.1) is 6.92 Å². The van der Waals surface area contributed by atoms with Gasteiger partial charge in [0.2, 0.25) is 0 Å². The van der Waals surface area contributed by atoms with Crippen LogP contribution in [0.5, 0.6) is 0 Å². The lowest BCUT2D eigenvalue weighted by Crippen LogP contribution is -2.22. The van der Waals surface area contributed by atoms with Crippen LogP contribution in [0.3, 0.4) is 0 Å². The Balaban J connectivity index is 2.07. The van der Waals surface area contributed by atoms with Crippen molar-refractivity contribution in [1.82, 2.24) is 10.3 Å². The summed E-state index contributed by atoms with van der Waals surface area (Å²) in [6.07, 6.45) is 1.47. The summed E-state index contributed by atoms with van der Waals surface area (Å²) in [4.78, 5) is 18.4. The maximum Gasteiger partial charge on any atom is 0.253 e. The van der Waals surface area contributed by atoms with Gasteiger partial charge in [-0.15, -0.1) is 11.3 Å². The summed E-state index contributed by atoms with van der Waals surface area (Å²) in [5.41, 5.74) is 0.425. The molecule has 6 heteroatoms. The third-order valence-corrected chi connectivity index (χ3v) is 3.88. The normalized spacial score (nSPS) is 10.3. The molecule has 0 aliphatic heterocycles. The van der Waals surface area contributed by atoms with Crippen molar-refractivity contribution < 1.29 is 4.79 Å². The van der Waals surface area contributed by atoms with Gasteiger partial charge in [0.25, 0.3) is 5.91 Å². The number of carbonyl (C=O) groups excluding carboxylic acids is 1. The molecule has 100 valence electrons. The lowest BCUT2D eigenvalue weighted by atomic mass is 10.2. The molecule has 0 aliphatic carbocycles. The minimum atomic E-state index is -0.199. The van der Waals surface area contributed by atoms with Crippen molar-refractivity contribution in [2.45, 2.75) is 13.5 Å². The monoisotopic (exact) mass is 295 g/mol. The Morgan fingerprint density at radius 3 is 2.89 bits per heavy atom. The van der Waals surface area contributed by atoms with Gasteiger partial charge in [-0.1, -0.05) is 11.6 Å². The lowest BCUT2D eigenvalue weighted by molar-refractivity contribution is 0.0951. The average molecular weight is 296 g/mol. The summed E-state index contributed by atoms with van der Waals surface area (Å²) >= 11 is 7.65. The predicted octanol–water partition coefficient (Wildman–Crippen LogP) is 3.08. The number of hydrogen-bond acceptors (Lipinski definition) is 4. The van der Waals surface area contributed by atoms with Crippen molar-refractivity contribution in [2.75, 3.05) is 12.4 Å². The molecule has 1 amide bonds. The van der Waals surface area contributed by atoms with Gasteiger partial charge < -0.3 is 10.6 Å². The van der Waals surface area contributed by atoms with Crippen molar-refractivity contribution in [3.8, 4) is 0 Å². The molecule has 0 fully saturated rings. The average Bonchev–Trinajstić information content (AvgIpc) is 2.82. The van der Waals surface area contributed by atoms with E-state index in [0.717, 1.165) is 4.88 Å². The molecule has 0 aromatic carbocycles. The number of aryl methyl sites for hydroxylation is 1. The molecule has 4 nitrogen and oxygen atoms in total. The van der Waals surface area contributed by atoms with E-state index in [-0.39, 0.29) is 5.91 Å². The van der Waals surface area contributed by atoms with Crippen molar-refractivity contribution in [2.24, 2.45) is 0 Å². The molecule has 0 saturated heterocycles. The second-order valence-electron chi connectivity index (χ2n) is 3.99. The zero-order valence-corrected chi connectivity index (χ0v) is 12.2. The Kier molecular flexibility index (Phi) is 4.39. The molecule has 0 unspecified atom stereocenters. The van der Waals surface area contributed by atoms with E-state index in [4.69, 9.17) is 11.6 Å². The molecule has 19 heavy (non-hydrogen) atoms. The SMILES string of the molecule is CNc1cc(C(=O)NCc2ccc(C)s2)c(Cl)cn1. The van der Waals surface area contributed by atoms with Gasteiger partial charge in [-0.25, -0.2) is 4.98 Å². The Bertz CT molecular complexity index is 597. The molecule has 0 bridgehead atoms. The summed E-state index contributed by atoms with van der Waals surface area (Å²) in [6.45, 7) is 2.54. The van der Waals surface area contributed by atoms with Crippen LogP contribution < -0.4 is 10.6 Å². The van der Waals surface area contributed by atoms with Crippen LogP contribution in [0.15, 0.2) is 24.4 Å². The number of aromatic nitrogens is 1. The fraction of sp³-hybridized carbons (Fsp3) is 0.231. The first-order valence-corrected chi connectivity index (χ1v) is 6.96. The highest BCUT2D eigenvalue weighted by molar-refractivity contribution is 7.11. The van der Waals surface area contributed by atoms with E-state index in [0.29, 0.717) is 22.9 Å². The smallest absolute Gasteiger partial charge is 0.253 e. The summed E-state index contributed by atoms with van der Waals surface area (Å²) in [5, 5.41) is 6.08. The number of carbonyl (C=O) groups is 1. The van der Waals surface area contributed by atoms with Crippen LogP contribution in [0.4, 0.5) is 5.82 Å². The zero-order valence-electron chi connectivity index (χ0n) is 10.7. The van der Waals surface area contributed by atoms with Crippen molar-refractivity contribution in [1.29, 1.82) is 0 Å². The summed E-state index contributed by atoms with van der Waals surface area (Å²) < 4.78 is 0. The van der Waals surface area contributed by atoms with E-state index < -0.39 is 0 Å². The molecular formula is C13H14ClN3OS. The number of halogens is 1. The molecular weight excluding hydrogens is 282 g/mol.